The minimum Gasteiger partial charge on any atom is -0.394 e. The largest absolute Gasteiger partial charge is 0.394 e. The van der Waals surface area contributed by atoms with Gasteiger partial charge >= 0.3 is 0 Å². The monoisotopic (exact) mass is 305 g/mol. The van der Waals surface area contributed by atoms with Crippen molar-refractivity contribution in [3.63, 3.8) is 0 Å². The summed E-state index contributed by atoms with van der Waals surface area (Å²) in [5, 5.41) is 0. The predicted molar refractivity (Wildman–Crippen MR) is 71.6 cm³/mol. The number of nitrogen functional groups attached to an aromatic ring is 1. The maximum atomic E-state index is 13.9. The van der Waals surface area contributed by atoms with Gasteiger partial charge in [0.15, 0.2) is 5.82 Å². The van der Waals surface area contributed by atoms with Crippen molar-refractivity contribution in [3.05, 3.63) is 23.8 Å². The number of sulfonamides is 1. The van der Waals surface area contributed by atoms with Crippen LogP contribution in [0.25, 0.3) is 0 Å². The lowest BCUT2D eigenvalue weighted by molar-refractivity contribution is 0.196. The molecule has 2 rings (SSSR count). The number of halogens is 2. The molecule has 1 aliphatic heterocycles. The van der Waals surface area contributed by atoms with E-state index in [0.29, 0.717) is 13.1 Å². The summed E-state index contributed by atoms with van der Waals surface area (Å²) in [6, 6.07) is 1.79. The molecule has 0 radical (unpaired) electrons. The van der Waals surface area contributed by atoms with Gasteiger partial charge in [0.2, 0.25) is 10.0 Å². The van der Waals surface area contributed by atoms with Crippen LogP contribution in [0.4, 0.5) is 14.5 Å². The third-order valence-corrected chi connectivity index (χ3v) is 5.40. The van der Waals surface area contributed by atoms with Gasteiger partial charge in [-0.2, -0.15) is 4.31 Å². The van der Waals surface area contributed by atoms with Gasteiger partial charge < -0.3 is 10.6 Å². The smallest absolute Gasteiger partial charge is 0.246 e. The van der Waals surface area contributed by atoms with Crippen LogP contribution in [0.3, 0.4) is 0 Å². The van der Waals surface area contributed by atoms with E-state index in [1.807, 2.05) is 6.92 Å². The number of hydrogen-bond acceptors (Lipinski definition) is 4. The Bertz CT molecular complexity index is 599. The van der Waals surface area contributed by atoms with E-state index in [1.165, 1.54) is 4.31 Å². The molecule has 8 heteroatoms. The topological polar surface area (TPSA) is 66.6 Å². The molecular formula is C12H17F2N3O2S. The second-order valence-corrected chi connectivity index (χ2v) is 6.52. The molecule has 0 saturated carbocycles. The highest BCUT2D eigenvalue weighted by Gasteiger charge is 2.31. The van der Waals surface area contributed by atoms with Crippen LogP contribution < -0.4 is 5.73 Å². The van der Waals surface area contributed by atoms with E-state index in [0.717, 1.165) is 18.7 Å². The second kappa shape index (κ2) is 5.63. The highest BCUT2D eigenvalue weighted by molar-refractivity contribution is 7.89. The summed E-state index contributed by atoms with van der Waals surface area (Å²) in [5.74, 6) is -2.18. The van der Waals surface area contributed by atoms with Crippen molar-refractivity contribution in [3.8, 4) is 0 Å². The van der Waals surface area contributed by atoms with Crippen LogP contribution in [0, 0.1) is 11.6 Å². The lowest BCUT2D eigenvalue weighted by Gasteiger charge is -2.33. The fraction of sp³-hybridized carbons (Fsp3) is 0.500. The van der Waals surface area contributed by atoms with Crippen molar-refractivity contribution in [2.24, 2.45) is 0 Å². The number of nitrogens with two attached hydrogens (primary N) is 1. The van der Waals surface area contributed by atoms with E-state index in [9.17, 15) is 17.2 Å². The first-order valence-electron chi connectivity index (χ1n) is 6.34. The van der Waals surface area contributed by atoms with Gasteiger partial charge in [-0.15, -0.1) is 0 Å². The minimum absolute atomic E-state index is 0.285. The second-order valence-electron chi connectivity index (χ2n) is 4.61. The highest BCUT2D eigenvalue weighted by atomic mass is 32.2. The fourth-order valence-corrected chi connectivity index (χ4v) is 3.67. The maximum absolute atomic E-state index is 13.9. The molecule has 1 aromatic carbocycles. The van der Waals surface area contributed by atoms with Crippen molar-refractivity contribution >= 4 is 15.7 Å². The van der Waals surface area contributed by atoms with Crippen molar-refractivity contribution in [2.45, 2.75) is 11.8 Å². The van der Waals surface area contributed by atoms with E-state index in [2.05, 4.69) is 4.90 Å². The number of piperazine rings is 1. The van der Waals surface area contributed by atoms with Gasteiger partial charge in [-0.25, -0.2) is 17.2 Å². The molecule has 1 aliphatic rings. The Balaban J connectivity index is 2.30. The zero-order valence-electron chi connectivity index (χ0n) is 11.1. The number of benzene rings is 1. The molecule has 112 valence electrons. The van der Waals surface area contributed by atoms with Crippen molar-refractivity contribution < 1.29 is 17.2 Å². The van der Waals surface area contributed by atoms with Crippen LogP contribution in [0.5, 0.6) is 0 Å². The lowest BCUT2D eigenvalue weighted by Crippen LogP contribution is -2.48. The number of likely N-dealkylation sites (N-methyl/N-ethyl adjacent to an activating group) is 1. The van der Waals surface area contributed by atoms with Crippen LogP contribution in [-0.2, 0) is 10.0 Å². The first-order chi connectivity index (χ1) is 9.37. The van der Waals surface area contributed by atoms with Gasteiger partial charge in [-0.05, 0) is 18.7 Å². The quantitative estimate of drug-likeness (QED) is 0.842. The summed E-state index contributed by atoms with van der Waals surface area (Å²) in [6.45, 7) is 4.58. The molecule has 2 N–H and O–H groups in total. The van der Waals surface area contributed by atoms with Crippen LogP contribution in [-0.4, -0.2) is 50.3 Å². The van der Waals surface area contributed by atoms with E-state index in [-0.39, 0.29) is 13.1 Å². The minimum atomic E-state index is -3.98. The van der Waals surface area contributed by atoms with E-state index in [1.54, 1.807) is 0 Å². The molecule has 0 aromatic heterocycles. The third kappa shape index (κ3) is 2.63. The summed E-state index contributed by atoms with van der Waals surface area (Å²) in [4.78, 5) is 1.53. The summed E-state index contributed by atoms with van der Waals surface area (Å²) in [5.41, 5.74) is 4.45. The summed E-state index contributed by atoms with van der Waals surface area (Å²) in [7, 11) is -3.98. The lowest BCUT2D eigenvalue weighted by atomic mass is 10.3. The number of hydrogen-bond donors (Lipinski definition) is 1. The SMILES string of the molecule is CCN1CCN(S(=O)(=O)c2ccc(F)c(N)c2F)CC1. The molecule has 0 bridgehead atoms. The van der Waals surface area contributed by atoms with Crippen molar-refractivity contribution in [1.29, 1.82) is 0 Å². The van der Waals surface area contributed by atoms with E-state index >= 15 is 0 Å². The molecule has 0 atom stereocenters. The van der Waals surface area contributed by atoms with Crippen LogP contribution in [0.2, 0.25) is 0 Å². The van der Waals surface area contributed by atoms with Gasteiger partial charge in [-0.3, -0.25) is 0 Å². The van der Waals surface area contributed by atoms with Crippen LogP contribution in [0.15, 0.2) is 17.0 Å². The molecule has 0 aliphatic carbocycles. The normalized spacial score (nSPS) is 18.4. The summed E-state index contributed by atoms with van der Waals surface area (Å²) >= 11 is 0. The summed E-state index contributed by atoms with van der Waals surface area (Å²) in [6.07, 6.45) is 0. The molecule has 1 heterocycles. The van der Waals surface area contributed by atoms with E-state index < -0.39 is 32.2 Å². The average molecular weight is 305 g/mol. The molecule has 1 aromatic rings. The zero-order chi connectivity index (χ0) is 14.9. The summed E-state index contributed by atoms with van der Waals surface area (Å²) < 4.78 is 52.9. The van der Waals surface area contributed by atoms with Crippen molar-refractivity contribution in [1.82, 2.24) is 9.21 Å². The molecule has 0 amide bonds. The number of anilines is 1. The third-order valence-electron chi connectivity index (χ3n) is 3.49. The first kappa shape index (κ1) is 15.1. The van der Waals surface area contributed by atoms with Crippen LogP contribution in [0.1, 0.15) is 6.92 Å². The Labute approximate surface area is 117 Å². The molecule has 0 spiro atoms. The Hall–Kier alpha value is -1.25. The van der Waals surface area contributed by atoms with Gasteiger partial charge in [0.05, 0.1) is 0 Å². The fourth-order valence-electron chi connectivity index (χ4n) is 2.17. The Morgan fingerprint density at radius 1 is 1.20 bits per heavy atom. The first-order valence-corrected chi connectivity index (χ1v) is 7.78. The average Bonchev–Trinajstić information content (AvgIpc) is 2.44. The van der Waals surface area contributed by atoms with Gasteiger partial charge in [-0.1, -0.05) is 6.92 Å². The Morgan fingerprint density at radius 2 is 1.80 bits per heavy atom. The van der Waals surface area contributed by atoms with Crippen molar-refractivity contribution in [2.75, 3.05) is 38.5 Å². The highest BCUT2D eigenvalue weighted by Crippen LogP contribution is 2.26. The molecule has 20 heavy (non-hydrogen) atoms. The maximum Gasteiger partial charge on any atom is 0.246 e. The number of nitrogens with zero attached hydrogens (tertiary/aromatic N) is 2. The molecule has 1 saturated heterocycles. The molecular weight excluding hydrogens is 288 g/mol. The van der Waals surface area contributed by atoms with E-state index in [4.69, 9.17) is 5.73 Å². The molecule has 0 unspecified atom stereocenters. The van der Waals surface area contributed by atoms with Crippen LogP contribution >= 0.6 is 0 Å². The molecule has 5 nitrogen and oxygen atoms in total. The molecule has 1 fully saturated rings. The Kier molecular flexibility index (Phi) is 4.26. The zero-order valence-corrected chi connectivity index (χ0v) is 12.0. The Morgan fingerprint density at radius 3 is 2.35 bits per heavy atom. The number of rotatable bonds is 3. The van der Waals surface area contributed by atoms with Gasteiger partial charge in [0.25, 0.3) is 0 Å². The van der Waals surface area contributed by atoms with Gasteiger partial charge in [0, 0.05) is 26.2 Å². The van der Waals surface area contributed by atoms with Gasteiger partial charge in [0.1, 0.15) is 16.4 Å². The standard InChI is InChI=1S/C12H17F2N3O2S/c1-2-16-5-7-17(8-6-16)20(18,19)10-4-3-9(13)12(15)11(10)14/h3-4H,2,5-8,15H2,1H3. The predicted octanol–water partition coefficient (Wildman–Crippen LogP) is 0.873.